The molecule has 1 atom stereocenters. The van der Waals surface area contributed by atoms with Gasteiger partial charge in [-0.3, -0.25) is 4.98 Å². The summed E-state index contributed by atoms with van der Waals surface area (Å²) in [5.74, 6) is 0. The second-order valence-electron chi connectivity index (χ2n) is 3.16. The molecule has 0 aromatic carbocycles. The zero-order valence-corrected chi connectivity index (χ0v) is 9.03. The largest absolute Gasteiger partial charge is 0.453 e. The fourth-order valence-electron chi connectivity index (χ4n) is 1.56. The number of hydrogen-bond donors (Lipinski definition) is 1. The minimum Gasteiger partial charge on any atom is -0.453 e. The molecule has 15 heavy (non-hydrogen) atoms. The number of furan rings is 1. The van der Waals surface area contributed by atoms with Gasteiger partial charge in [-0.15, -0.1) is 0 Å². The first-order valence-electron chi connectivity index (χ1n) is 4.63. The van der Waals surface area contributed by atoms with Crippen LogP contribution in [0.1, 0.15) is 17.2 Å². The first kappa shape index (κ1) is 10.2. The summed E-state index contributed by atoms with van der Waals surface area (Å²) in [7, 11) is 1.88. The molecule has 3 nitrogen and oxygen atoms in total. The SMILES string of the molecule is CNC(c1cccnc1)c1ccoc1Cl. The van der Waals surface area contributed by atoms with Crippen molar-refractivity contribution in [3.05, 3.63) is 53.2 Å². The van der Waals surface area contributed by atoms with Gasteiger partial charge in [0.2, 0.25) is 0 Å². The lowest BCUT2D eigenvalue weighted by Crippen LogP contribution is -2.17. The molecule has 0 saturated carbocycles. The van der Waals surface area contributed by atoms with Crippen molar-refractivity contribution in [2.45, 2.75) is 6.04 Å². The topological polar surface area (TPSA) is 38.1 Å². The summed E-state index contributed by atoms with van der Waals surface area (Å²) in [4.78, 5) is 4.08. The number of aromatic nitrogens is 1. The van der Waals surface area contributed by atoms with Crippen LogP contribution >= 0.6 is 11.6 Å². The highest BCUT2D eigenvalue weighted by Gasteiger charge is 2.16. The van der Waals surface area contributed by atoms with E-state index in [0.29, 0.717) is 5.22 Å². The van der Waals surface area contributed by atoms with Crippen molar-refractivity contribution < 1.29 is 4.42 Å². The minimum atomic E-state index is 0.0185. The summed E-state index contributed by atoms with van der Waals surface area (Å²) >= 11 is 5.94. The summed E-state index contributed by atoms with van der Waals surface area (Å²) in [6, 6.07) is 5.77. The molecule has 0 aliphatic heterocycles. The first-order valence-corrected chi connectivity index (χ1v) is 5.01. The van der Waals surface area contributed by atoms with E-state index in [1.807, 2.05) is 31.4 Å². The molecule has 0 bridgehead atoms. The predicted molar refractivity (Wildman–Crippen MR) is 58.9 cm³/mol. The molecule has 2 rings (SSSR count). The number of nitrogens with one attached hydrogen (secondary N) is 1. The standard InChI is InChI=1S/C11H11ClN2O/c1-13-10(8-3-2-5-14-7-8)9-4-6-15-11(9)12/h2-7,10,13H,1H3. The first-order chi connectivity index (χ1) is 7.33. The molecule has 0 fully saturated rings. The highest BCUT2D eigenvalue weighted by Crippen LogP contribution is 2.28. The van der Waals surface area contributed by atoms with Gasteiger partial charge in [-0.05, 0) is 36.3 Å². The van der Waals surface area contributed by atoms with Gasteiger partial charge in [0.15, 0.2) is 5.22 Å². The zero-order chi connectivity index (χ0) is 10.7. The second kappa shape index (κ2) is 4.47. The van der Waals surface area contributed by atoms with Crippen molar-refractivity contribution >= 4 is 11.6 Å². The summed E-state index contributed by atoms with van der Waals surface area (Å²) in [5, 5.41) is 3.59. The monoisotopic (exact) mass is 222 g/mol. The molecule has 4 heteroatoms. The van der Waals surface area contributed by atoms with Crippen LogP contribution in [-0.4, -0.2) is 12.0 Å². The smallest absolute Gasteiger partial charge is 0.198 e. The maximum Gasteiger partial charge on any atom is 0.198 e. The summed E-state index contributed by atoms with van der Waals surface area (Å²) in [6.45, 7) is 0. The molecular weight excluding hydrogens is 212 g/mol. The summed E-state index contributed by atoms with van der Waals surface area (Å²) in [6.07, 6.45) is 5.13. The van der Waals surface area contributed by atoms with E-state index in [1.165, 1.54) is 0 Å². The quantitative estimate of drug-likeness (QED) is 0.868. The molecule has 0 amide bonds. The van der Waals surface area contributed by atoms with Gasteiger partial charge < -0.3 is 9.73 Å². The third-order valence-electron chi connectivity index (χ3n) is 2.26. The van der Waals surface area contributed by atoms with Gasteiger partial charge >= 0.3 is 0 Å². The van der Waals surface area contributed by atoms with Crippen LogP contribution in [0.5, 0.6) is 0 Å². The third kappa shape index (κ3) is 2.03. The van der Waals surface area contributed by atoms with Crippen LogP contribution in [0.4, 0.5) is 0 Å². The van der Waals surface area contributed by atoms with Crippen molar-refractivity contribution in [1.29, 1.82) is 0 Å². The third-order valence-corrected chi connectivity index (χ3v) is 2.57. The molecule has 0 radical (unpaired) electrons. The molecule has 2 aromatic rings. The van der Waals surface area contributed by atoms with E-state index in [4.69, 9.17) is 16.0 Å². The molecule has 1 N–H and O–H groups in total. The molecule has 0 aliphatic rings. The van der Waals surface area contributed by atoms with Gasteiger partial charge in [0.1, 0.15) is 0 Å². The Labute approximate surface area is 93.1 Å². The Balaban J connectivity index is 2.37. The van der Waals surface area contributed by atoms with Crippen molar-refractivity contribution in [2.24, 2.45) is 0 Å². The van der Waals surface area contributed by atoms with E-state index < -0.39 is 0 Å². The molecule has 2 aromatic heterocycles. The van der Waals surface area contributed by atoms with E-state index in [9.17, 15) is 0 Å². The lowest BCUT2D eigenvalue weighted by Gasteiger charge is -2.14. The van der Waals surface area contributed by atoms with Gasteiger partial charge in [-0.1, -0.05) is 6.07 Å². The summed E-state index contributed by atoms with van der Waals surface area (Å²) in [5.41, 5.74) is 1.98. The molecule has 0 aliphatic carbocycles. The lowest BCUT2D eigenvalue weighted by atomic mass is 10.0. The normalized spacial score (nSPS) is 12.7. The Hall–Kier alpha value is -1.32. The number of nitrogens with zero attached hydrogens (tertiary/aromatic N) is 1. The maximum absolute atomic E-state index is 5.94. The predicted octanol–water partition coefficient (Wildman–Crippen LogP) is 2.64. The van der Waals surface area contributed by atoms with Gasteiger partial charge in [-0.25, -0.2) is 0 Å². The average Bonchev–Trinajstić information content (AvgIpc) is 2.68. The average molecular weight is 223 g/mol. The Morgan fingerprint density at radius 1 is 1.47 bits per heavy atom. The molecule has 0 saturated heterocycles. The van der Waals surface area contributed by atoms with Gasteiger partial charge in [0.05, 0.1) is 12.3 Å². The van der Waals surface area contributed by atoms with E-state index in [2.05, 4.69) is 10.3 Å². The van der Waals surface area contributed by atoms with Crippen LogP contribution in [-0.2, 0) is 0 Å². The molecule has 78 valence electrons. The second-order valence-corrected chi connectivity index (χ2v) is 3.50. The van der Waals surface area contributed by atoms with Crippen molar-refractivity contribution in [1.82, 2.24) is 10.3 Å². The number of rotatable bonds is 3. The Kier molecular flexibility index (Phi) is 3.04. The zero-order valence-electron chi connectivity index (χ0n) is 8.27. The van der Waals surface area contributed by atoms with E-state index >= 15 is 0 Å². The van der Waals surface area contributed by atoms with Crippen molar-refractivity contribution in [3.8, 4) is 0 Å². The van der Waals surface area contributed by atoms with Gasteiger partial charge in [-0.2, -0.15) is 0 Å². The van der Waals surface area contributed by atoms with Crippen LogP contribution in [0.3, 0.4) is 0 Å². The summed E-state index contributed by atoms with van der Waals surface area (Å²) < 4.78 is 5.07. The Bertz CT molecular complexity index is 427. The Morgan fingerprint density at radius 3 is 2.87 bits per heavy atom. The fraction of sp³-hybridized carbons (Fsp3) is 0.182. The van der Waals surface area contributed by atoms with E-state index in [0.717, 1.165) is 11.1 Å². The Morgan fingerprint density at radius 2 is 2.33 bits per heavy atom. The van der Waals surface area contributed by atoms with Gasteiger partial charge in [0, 0.05) is 18.0 Å². The fourth-order valence-corrected chi connectivity index (χ4v) is 1.78. The molecule has 1 unspecified atom stereocenters. The van der Waals surface area contributed by atoms with Crippen molar-refractivity contribution in [2.75, 3.05) is 7.05 Å². The number of halogens is 1. The molecule has 0 spiro atoms. The number of pyridine rings is 1. The highest BCUT2D eigenvalue weighted by molar-refractivity contribution is 6.29. The van der Waals surface area contributed by atoms with Crippen LogP contribution in [0, 0.1) is 0 Å². The van der Waals surface area contributed by atoms with E-state index in [1.54, 1.807) is 12.5 Å². The van der Waals surface area contributed by atoms with Crippen LogP contribution in [0.15, 0.2) is 41.3 Å². The van der Waals surface area contributed by atoms with Gasteiger partial charge in [0.25, 0.3) is 0 Å². The highest BCUT2D eigenvalue weighted by atomic mass is 35.5. The molecule has 2 heterocycles. The minimum absolute atomic E-state index is 0.0185. The lowest BCUT2D eigenvalue weighted by molar-refractivity contribution is 0.559. The van der Waals surface area contributed by atoms with Crippen LogP contribution in [0.25, 0.3) is 0 Å². The van der Waals surface area contributed by atoms with Crippen LogP contribution < -0.4 is 5.32 Å². The van der Waals surface area contributed by atoms with Crippen LogP contribution in [0.2, 0.25) is 5.22 Å². The maximum atomic E-state index is 5.94. The number of hydrogen-bond acceptors (Lipinski definition) is 3. The van der Waals surface area contributed by atoms with E-state index in [-0.39, 0.29) is 6.04 Å². The van der Waals surface area contributed by atoms with Crippen molar-refractivity contribution in [3.63, 3.8) is 0 Å². The molecular formula is C11H11ClN2O.